The molecule has 2 aromatic carbocycles. The molecule has 0 spiro atoms. The first-order valence-corrected chi connectivity index (χ1v) is 10.1. The summed E-state index contributed by atoms with van der Waals surface area (Å²) >= 11 is 0. The largest absolute Gasteiger partial charge is 0.486 e. The van der Waals surface area contributed by atoms with Crippen LogP contribution in [-0.2, 0) is 10.0 Å². The third-order valence-corrected chi connectivity index (χ3v) is 6.74. The van der Waals surface area contributed by atoms with Crippen LogP contribution in [0.2, 0.25) is 0 Å². The summed E-state index contributed by atoms with van der Waals surface area (Å²) < 4.78 is 51.3. The van der Waals surface area contributed by atoms with E-state index < -0.39 is 40.7 Å². The van der Waals surface area contributed by atoms with E-state index in [1.54, 1.807) is 6.07 Å². The number of nitrogens with zero attached hydrogens (tertiary/aromatic N) is 4. The van der Waals surface area contributed by atoms with Gasteiger partial charge in [0.2, 0.25) is 10.0 Å². The standard InChI is InChI=1S/C18H15FN4O6S/c19-13-6-12(5-4-11(13)7-20)28-16-8-23(9-18(16,25)10-24)30(26,27)15-3-1-2-14-17(15)22-29-21-14/h1-6,16,24-25H,8-10H2/t16-,18+/m0/s1. The van der Waals surface area contributed by atoms with E-state index in [0.717, 1.165) is 10.4 Å². The summed E-state index contributed by atoms with van der Waals surface area (Å²) in [5, 5.41) is 36.5. The van der Waals surface area contributed by atoms with Crippen LogP contribution in [0.4, 0.5) is 4.39 Å². The molecule has 0 amide bonds. The zero-order valence-electron chi connectivity index (χ0n) is 15.3. The molecular formula is C18H15FN4O6S. The van der Waals surface area contributed by atoms with Crippen molar-refractivity contribution >= 4 is 21.1 Å². The van der Waals surface area contributed by atoms with Crippen LogP contribution < -0.4 is 4.74 Å². The molecule has 0 unspecified atom stereocenters. The first-order chi connectivity index (χ1) is 14.3. The molecule has 0 aliphatic carbocycles. The Bertz CT molecular complexity index is 1260. The van der Waals surface area contributed by atoms with Crippen molar-refractivity contribution < 1.29 is 32.4 Å². The van der Waals surface area contributed by atoms with E-state index in [9.17, 15) is 23.0 Å². The molecule has 1 aromatic heterocycles. The van der Waals surface area contributed by atoms with Gasteiger partial charge < -0.3 is 14.9 Å². The van der Waals surface area contributed by atoms with Crippen molar-refractivity contribution in [2.24, 2.45) is 0 Å². The Kier molecular flexibility index (Phi) is 4.91. The van der Waals surface area contributed by atoms with Crippen LogP contribution in [0.5, 0.6) is 5.75 Å². The van der Waals surface area contributed by atoms with Crippen LogP contribution in [0, 0.1) is 17.1 Å². The van der Waals surface area contributed by atoms with Gasteiger partial charge in [-0.15, -0.1) is 0 Å². The molecule has 0 saturated carbocycles. The van der Waals surface area contributed by atoms with Gasteiger partial charge in [0.15, 0.2) is 5.52 Å². The number of aliphatic hydroxyl groups excluding tert-OH is 1. The number of aliphatic hydroxyl groups is 2. The number of rotatable bonds is 5. The van der Waals surface area contributed by atoms with Crippen LogP contribution in [-0.4, -0.2) is 64.7 Å². The van der Waals surface area contributed by atoms with Gasteiger partial charge in [-0.05, 0) is 34.6 Å². The number of aromatic nitrogens is 2. The van der Waals surface area contributed by atoms with Crippen LogP contribution in [0.15, 0.2) is 45.9 Å². The van der Waals surface area contributed by atoms with Crippen LogP contribution in [0.3, 0.4) is 0 Å². The maximum absolute atomic E-state index is 13.9. The van der Waals surface area contributed by atoms with Gasteiger partial charge in [0.1, 0.15) is 39.8 Å². The van der Waals surface area contributed by atoms with Gasteiger partial charge in [0, 0.05) is 12.6 Å². The summed E-state index contributed by atoms with van der Waals surface area (Å²) in [7, 11) is -4.16. The average Bonchev–Trinajstić information content (AvgIpc) is 3.33. The SMILES string of the molecule is N#Cc1ccc(O[C@H]2CN(S(=O)(=O)c3cccc4nonc34)C[C@@]2(O)CO)cc1F. The summed E-state index contributed by atoms with van der Waals surface area (Å²) in [5.74, 6) is -0.847. The zero-order chi connectivity index (χ0) is 21.5. The minimum absolute atomic E-state index is 0.0228. The summed E-state index contributed by atoms with van der Waals surface area (Å²) in [6.45, 7) is -1.57. The van der Waals surface area contributed by atoms with E-state index in [1.807, 2.05) is 0 Å². The molecule has 156 valence electrons. The zero-order valence-corrected chi connectivity index (χ0v) is 16.1. The lowest BCUT2D eigenvalue weighted by Gasteiger charge is -2.27. The Morgan fingerprint density at radius 2 is 2.17 bits per heavy atom. The molecular weight excluding hydrogens is 419 g/mol. The van der Waals surface area contributed by atoms with Gasteiger partial charge in [0.25, 0.3) is 0 Å². The second-order valence-electron chi connectivity index (χ2n) is 6.81. The van der Waals surface area contributed by atoms with E-state index in [0.29, 0.717) is 0 Å². The summed E-state index contributed by atoms with van der Waals surface area (Å²) in [5.41, 5.74) is -1.85. The first kappa shape index (κ1) is 20.2. The molecule has 12 heteroatoms. The molecule has 0 bridgehead atoms. The summed E-state index contributed by atoms with van der Waals surface area (Å²) in [6, 6.07) is 9.47. The minimum atomic E-state index is -4.16. The van der Waals surface area contributed by atoms with Crippen LogP contribution in [0.1, 0.15) is 5.56 Å². The number of hydrogen-bond donors (Lipinski definition) is 2. The Hall–Kier alpha value is -3.11. The normalized spacial score (nSPS) is 22.3. The molecule has 3 aromatic rings. The average molecular weight is 434 g/mol. The van der Waals surface area contributed by atoms with Crippen molar-refractivity contribution in [3.05, 3.63) is 47.8 Å². The molecule has 10 nitrogen and oxygen atoms in total. The summed E-state index contributed by atoms with van der Waals surface area (Å²) in [6.07, 6.45) is -1.20. The Labute approximate surface area is 169 Å². The Balaban J connectivity index is 1.65. The number of fused-ring (bicyclic) bond motifs is 1. The Morgan fingerprint density at radius 1 is 1.37 bits per heavy atom. The van der Waals surface area contributed by atoms with Gasteiger partial charge in [-0.1, -0.05) is 6.07 Å². The van der Waals surface area contributed by atoms with Crippen molar-refractivity contribution in [3.63, 3.8) is 0 Å². The van der Waals surface area contributed by atoms with E-state index in [1.165, 1.54) is 30.3 Å². The second kappa shape index (κ2) is 7.29. The third-order valence-electron chi connectivity index (χ3n) is 4.90. The second-order valence-corrected chi connectivity index (χ2v) is 8.71. The van der Waals surface area contributed by atoms with E-state index in [-0.39, 0.29) is 33.8 Å². The Morgan fingerprint density at radius 3 is 2.87 bits per heavy atom. The van der Waals surface area contributed by atoms with Crippen LogP contribution in [0.25, 0.3) is 11.0 Å². The maximum Gasteiger partial charge on any atom is 0.245 e. The van der Waals surface area contributed by atoms with Crippen molar-refractivity contribution in [2.75, 3.05) is 19.7 Å². The minimum Gasteiger partial charge on any atom is -0.486 e. The lowest BCUT2D eigenvalue weighted by atomic mass is 10.0. The number of nitriles is 1. The fraction of sp³-hybridized carbons (Fsp3) is 0.278. The van der Waals surface area contributed by atoms with Gasteiger partial charge >= 0.3 is 0 Å². The fourth-order valence-electron chi connectivity index (χ4n) is 3.26. The van der Waals surface area contributed by atoms with Crippen molar-refractivity contribution in [1.82, 2.24) is 14.6 Å². The van der Waals surface area contributed by atoms with E-state index in [4.69, 9.17) is 10.00 Å². The molecule has 1 aliphatic rings. The van der Waals surface area contributed by atoms with E-state index in [2.05, 4.69) is 14.9 Å². The van der Waals surface area contributed by atoms with Crippen molar-refractivity contribution in [3.8, 4) is 11.8 Å². The predicted molar refractivity (Wildman–Crippen MR) is 98.1 cm³/mol. The highest BCUT2D eigenvalue weighted by atomic mass is 32.2. The number of hydrogen-bond acceptors (Lipinski definition) is 9. The monoisotopic (exact) mass is 434 g/mol. The van der Waals surface area contributed by atoms with Gasteiger partial charge in [0.05, 0.1) is 18.7 Å². The lowest BCUT2D eigenvalue weighted by molar-refractivity contribution is -0.0641. The molecule has 4 rings (SSSR count). The van der Waals surface area contributed by atoms with Crippen LogP contribution >= 0.6 is 0 Å². The molecule has 2 heterocycles. The lowest BCUT2D eigenvalue weighted by Crippen LogP contribution is -2.48. The quantitative estimate of drug-likeness (QED) is 0.582. The highest BCUT2D eigenvalue weighted by Gasteiger charge is 2.51. The number of halogens is 1. The molecule has 0 radical (unpaired) electrons. The maximum atomic E-state index is 13.9. The van der Waals surface area contributed by atoms with Gasteiger partial charge in [-0.25, -0.2) is 17.4 Å². The summed E-state index contributed by atoms with van der Waals surface area (Å²) in [4.78, 5) is -0.174. The highest BCUT2D eigenvalue weighted by Crippen LogP contribution is 2.32. The molecule has 1 fully saturated rings. The molecule has 2 N–H and O–H groups in total. The molecule has 1 saturated heterocycles. The number of ether oxygens (including phenoxy) is 1. The highest BCUT2D eigenvalue weighted by molar-refractivity contribution is 7.89. The number of sulfonamides is 1. The number of β-amino-alcohol motifs (C(OH)–C–C–N with tert-alkyl or cyclic N) is 1. The predicted octanol–water partition coefficient (Wildman–Crippen LogP) is 0.409. The molecule has 30 heavy (non-hydrogen) atoms. The third kappa shape index (κ3) is 3.27. The van der Waals surface area contributed by atoms with Crippen molar-refractivity contribution in [2.45, 2.75) is 16.6 Å². The van der Waals surface area contributed by atoms with Gasteiger partial charge in [-0.3, -0.25) is 0 Å². The van der Waals surface area contributed by atoms with E-state index >= 15 is 0 Å². The first-order valence-electron chi connectivity index (χ1n) is 8.69. The topological polar surface area (TPSA) is 150 Å². The number of benzene rings is 2. The molecule has 2 atom stereocenters. The van der Waals surface area contributed by atoms with Gasteiger partial charge in [-0.2, -0.15) is 9.57 Å². The van der Waals surface area contributed by atoms with Crippen molar-refractivity contribution in [1.29, 1.82) is 5.26 Å². The molecule has 1 aliphatic heterocycles. The fourth-order valence-corrected chi connectivity index (χ4v) is 4.90. The smallest absolute Gasteiger partial charge is 0.245 e.